The van der Waals surface area contributed by atoms with Gasteiger partial charge in [-0.05, 0) is 31.2 Å². The molecule has 136 valence electrons. The van der Waals surface area contributed by atoms with E-state index in [1.807, 2.05) is 0 Å². The van der Waals surface area contributed by atoms with Gasteiger partial charge in [-0.25, -0.2) is 8.42 Å². The Morgan fingerprint density at radius 2 is 2.00 bits per heavy atom. The number of nitrogens with two attached hydrogens (primary N) is 1. The van der Waals surface area contributed by atoms with Crippen molar-refractivity contribution in [1.82, 2.24) is 0 Å². The zero-order chi connectivity index (χ0) is 18.6. The van der Waals surface area contributed by atoms with Crippen LogP contribution in [0.5, 0.6) is 0 Å². The van der Waals surface area contributed by atoms with E-state index in [0.29, 0.717) is 18.0 Å². The Hall–Kier alpha value is -2.46. The zero-order valence-corrected chi connectivity index (χ0v) is 14.1. The monoisotopic (exact) mass is 373 g/mol. The Bertz CT molecular complexity index is 865. The number of halogens is 2. The van der Waals surface area contributed by atoms with Gasteiger partial charge in [-0.2, -0.15) is 8.78 Å². The molecule has 0 saturated heterocycles. The molecule has 10 heteroatoms. The average Bonchev–Trinajstić information content (AvgIpc) is 3.05. The van der Waals surface area contributed by atoms with Gasteiger partial charge in [-0.3, -0.25) is 4.79 Å². The number of amides is 1. The van der Waals surface area contributed by atoms with E-state index in [-0.39, 0.29) is 17.8 Å². The van der Waals surface area contributed by atoms with Gasteiger partial charge in [0, 0.05) is 6.54 Å². The van der Waals surface area contributed by atoms with E-state index in [1.165, 1.54) is 18.4 Å². The summed E-state index contributed by atoms with van der Waals surface area (Å²) >= 11 is 0. The first-order valence-electron chi connectivity index (χ1n) is 7.28. The van der Waals surface area contributed by atoms with Gasteiger partial charge in [-0.15, -0.1) is 0 Å². The van der Waals surface area contributed by atoms with Crippen molar-refractivity contribution in [3.8, 4) is 0 Å². The van der Waals surface area contributed by atoms with Crippen molar-refractivity contribution in [1.29, 1.82) is 0 Å². The number of carbonyl (C=O) groups is 1. The number of carbonyl (C=O) groups excluding carboxylic acids is 1. The Balaban J connectivity index is 2.38. The summed E-state index contributed by atoms with van der Waals surface area (Å²) in [5, 5.41) is 5.41. The molecule has 0 saturated carbocycles. The summed E-state index contributed by atoms with van der Waals surface area (Å²) in [7, 11) is -4.78. The van der Waals surface area contributed by atoms with Crippen LogP contribution in [0.15, 0.2) is 39.8 Å². The third-order valence-electron chi connectivity index (χ3n) is 3.29. The molecule has 7 nitrogen and oxygen atoms in total. The second-order valence-corrected chi connectivity index (χ2v) is 6.92. The van der Waals surface area contributed by atoms with E-state index in [2.05, 4.69) is 10.6 Å². The van der Waals surface area contributed by atoms with E-state index in [9.17, 15) is 22.0 Å². The van der Waals surface area contributed by atoms with Crippen LogP contribution >= 0.6 is 0 Å². The Morgan fingerprint density at radius 1 is 1.28 bits per heavy atom. The quantitative estimate of drug-likeness (QED) is 0.687. The Labute approximate surface area is 143 Å². The largest absolute Gasteiger partial charge is 0.467 e. The lowest BCUT2D eigenvalue weighted by atomic mass is 10.2. The van der Waals surface area contributed by atoms with Crippen LogP contribution < -0.4 is 16.4 Å². The summed E-state index contributed by atoms with van der Waals surface area (Å²) in [5.74, 6) is -3.75. The van der Waals surface area contributed by atoms with Crippen LogP contribution in [0.1, 0.15) is 23.0 Å². The van der Waals surface area contributed by atoms with E-state index in [4.69, 9.17) is 10.2 Å². The number of rotatable bonds is 7. The SMILES string of the molecule is CCNc1ccc(S(=O)(=O)C(F)F)cc1NC(=O)c1coc(CN)c1. The third kappa shape index (κ3) is 4.15. The van der Waals surface area contributed by atoms with Crippen LogP contribution in [-0.2, 0) is 16.4 Å². The lowest BCUT2D eigenvalue weighted by Crippen LogP contribution is -2.15. The van der Waals surface area contributed by atoms with Crippen molar-refractivity contribution in [3.05, 3.63) is 41.9 Å². The summed E-state index contributed by atoms with van der Waals surface area (Å²) < 4.78 is 53.8. The highest BCUT2D eigenvalue weighted by Crippen LogP contribution is 2.28. The normalized spacial score (nSPS) is 11.6. The fraction of sp³-hybridized carbons (Fsp3) is 0.267. The van der Waals surface area contributed by atoms with Crippen LogP contribution in [-0.4, -0.2) is 26.6 Å². The topological polar surface area (TPSA) is 114 Å². The van der Waals surface area contributed by atoms with Crippen LogP contribution in [0.25, 0.3) is 0 Å². The van der Waals surface area contributed by atoms with Crippen molar-refractivity contribution < 1.29 is 26.4 Å². The van der Waals surface area contributed by atoms with Crippen molar-refractivity contribution in [3.63, 3.8) is 0 Å². The molecular formula is C15H17F2N3O4S. The Morgan fingerprint density at radius 3 is 2.56 bits per heavy atom. The molecule has 0 fully saturated rings. The highest BCUT2D eigenvalue weighted by atomic mass is 32.2. The van der Waals surface area contributed by atoms with Gasteiger partial charge in [0.25, 0.3) is 5.91 Å². The predicted molar refractivity (Wildman–Crippen MR) is 88.3 cm³/mol. The number of nitrogens with one attached hydrogen (secondary N) is 2. The maximum Gasteiger partial charge on any atom is 0.341 e. The van der Waals surface area contributed by atoms with Crippen LogP contribution in [0.2, 0.25) is 0 Å². The molecule has 0 atom stereocenters. The number of sulfone groups is 1. The highest BCUT2D eigenvalue weighted by Gasteiger charge is 2.27. The van der Waals surface area contributed by atoms with Crippen LogP contribution in [0, 0.1) is 0 Å². The van der Waals surface area contributed by atoms with Gasteiger partial charge >= 0.3 is 5.76 Å². The molecule has 0 radical (unpaired) electrons. The molecule has 0 spiro atoms. The second-order valence-electron chi connectivity index (χ2n) is 5.00. The molecule has 1 heterocycles. The summed E-state index contributed by atoms with van der Waals surface area (Å²) in [6, 6.07) is 4.79. The fourth-order valence-electron chi connectivity index (χ4n) is 2.05. The molecule has 1 aromatic carbocycles. The van der Waals surface area contributed by atoms with Gasteiger partial charge in [-0.1, -0.05) is 0 Å². The summed E-state index contributed by atoms with van der Waals surface area (Å²) in [6.45, 7) is 2.38. The molecule has 2 rings (SSSR count). The summed E-state index contributed by atoms with van der Waals surface area (Å²) in [4.78, 5) is 11.7. The number of alkyl halides is 2. The molecule has 0 aliphatic carbocycles. The molecule has 4 N–H and O–H groups in total. The van der Waals surface area contributed by atoms with Gasteiger partial charge in [0.05, 0.1) is 28.4 Å². The summed E-state index contributed by atoms with van der Waals surface area (Å²) in [6.07, 6.45) is 1.20. The second kappa shape index (κ2) is 7.62. The number of anilines is 2. The molecule has 2 aromatic rings. The highest BCUT2D eigenvalue weighted by molar-refractivity contribution is 7.91. The number of furan rings is 1. The molecular weight excluding hydrogens is 356 g/mol. The number of hydrogen-bond acceptors (Lipinski definition) is 6. The van der Waals surface area contributed by atoms with Crippen LogP contribution in [0.3, 0.4) is 0 Å². The number of benzene rings is 1. The van der Waals surface area contributed by atoms with Gasteiger partial charge in [0.2, 0.25) is 9.84 Å². The van der Waals surface area contributed by atoms with Crippen molar-refractivity contribution in [2.45, 2.75) is 24.1 Å². The standard InChI is InChI=1S/C15H17F2N3O4S/c1-2-19-12-4-3-11(25(22,23)15(16)17)6-13(12)20-14(21)9-5-10(7-18)24-8-9/h3-6,8,15,19H,2,7,18H2,1H3,(H,20,21). The first kappa shape index (κ1) is 18.9. The Kier molecular flexibility index (Phi) is 5.75. The smallest absolute Gasteiger partial charge is 0.341 e. The molecule has 1 aromatic heterocycles. The van der Waals surface area contributed by atoms with E-state index < -0.39 is 26.4 Å². The molecule has 0 aliphatic rings. The summed E-state index contributed by atoms with van der Waals surface area (Å²) in [5.41, 5.74) is 6.03. The van der Waals surface area contributed by atoms with Gasteiger partial charge in [0.15, 0.2) is 0 Å². The average molecular weight is 373 g/mol. The van der Waals surface area contributed by atoms with Crippen molar-refractivity contribution in [2.75, 3.05) is 17.2 Å². The van der Waals surface area contributed by atoms with Crippen LogP contribution in [0.4, 0.5) is 20.2 Å². The lowest BCUT2D eigenvalue weighted by Gasteiger charge is -2.13. The first-order valence-corrected chi connectivity index (χ1v) is 8.83. The third-order valence-corrected chi connectivity index (χ3v) is 4.67. The molecule has 0 aliphatic heterocycles. The fourth-order valence-corrected chi connectivity index (χ4v) is 2.80. The molecule has 25 heavy (non-hydrogen) atoms. The van der Waals surface area contributed by atoms with Crippen molar-refractivity contribution in [2.24, 2.45) is 5.73 Å². The maximum absolute atomic E-state index is 12.7. The first-order chi connectivity index (χ1) is 11.8. The molecule has 0 unspecified atom stereocenters. The maximum atomic E-state index is 12.7. The zero-order valence-electron chi connectivity index (χ0n) is 13.3. The lowest BCUT2D eigenvalue weighted by molar-refractivity contribution is 0.102. The van der Waals surface area contributed by atoms with Crippen molar-refractivity contribution >= 4 is 27.1 Å². The van der Waals surface area contributed by atoms with E-state index >= 15 is 0 Å². The van der Waals surface area contributed by atoms with Gasteiger partial charge < -0.3 is 20.8 Å². The number of hydrogen-bond donors (Lipinski definition) is 3. The molecule has 1 amide bonds. The minimum absolute atomic E-state index is 0.0593. The van der Waals surface area contributed by atoms with E-state index in [1.54, 1.807) is 6.92 Å². The van der Waals surface area contributed by atoms with Gasteiger partial charge in [0.1, 0.15) is 12.0 Å². The minimum atomic E-state index is -4.78. The molecule has 0 bridgehead atoms. The minimum Gasteiger partial charge on any atom is -0.467 e. The van der Waals surface area contributed by atoms with E-state index in [0.717, 1.165) is 12.1 Å². The predicted octanol–water partition coefficient (Wildman–Crippen LogP) is 2.42.